The van der Waals surface area contributed by atoms with Crippen LogP contribution in [0.3, 0.4) is 0 Å². The van der Waals surface area contributed by atoms with Crippen LogP contribution in [0.5, 0.6) is 5.75 Å². The van der Waals surface area contributed by atoms with E-state index in [1.54, 1.807) is 7.11 Å². The summed E-state index contributed by atoms with van der Waals surface area (Å²) in [6, 6.07) is 5.72. The normalized spacial score (nSPS) is 15.5. The highest BCUT2D eigenvalue weighted by Gasteiger charge is 2.14. The van der Waals surface area contributed by atoms with Gasteiger partial charge in [0.25, 0.3) is 0 Å². The molecule has 0 radical (unpaired) electrons. The van der Waals surface area contributed by atoms with Gasteiger partial charge < -0.3 is 15.0 Å². The second-order valence-corrected chi connectivity index (χ2v) is 6.23. The predicted octanol–water partition coefficient (Wildman–Crippen LogP) is 2.73. The van der Waals surface area contributed by atoms with E-state index in [1.807, 2.05) is 18.2 Å². The van der Waals surface area contributed by atoms with Crippen LogP contribution in [0.4, 0.5) is 5.13 Å². The lowest BCUT2D eigenvalue weighted by molar-refractivity contribution is -0.116. The molecule has 1 aliphatic rings. The molecule has 2 heterocycles. The van der Waals surface area contributed by atoms with Gasteiger partial charge in [-0.15, -0.1) is 0 Å². The van der Waals surface area contributed by atoms with Gasteiger partial charge in [-0.1, -0.05) is 11.3 Å². The van der Waals surface area contributed by atoms with E-state index in [0.29, 0.717) is 11.6 Å². The number of carbonyl (C=O) groups is 1. The maximum atomic E-state index is 12.0. The number of ether oxygens (including phenoxy) is 1. The fourth-order valence-electron chi connectivity index (χ4n) is 2.53. The van der Waals surface area contributed by atoms with Gasteiger partial charge in [-0.25, -0.2) is 4.98 Å². The number of nitrogens with zero attached hydrogens (tertiary/aromatic N) is 2. The number of anilines is 1. The number of rotatable bonds is 5. The predicted molar refractivity (Wildman–Crippen MR) is 85.1 cm³/mol. The molecule has 0 unspecified atom stereocenters. The summed E-state index contributed by atoms with van der Waals surface area (Å²) < 4.78 is 6.21. The molecule has 1 saturated heterocycles. The van der Waals surface area contributed by atoms with Crippen molar-refractivity contribution >= 4 is 32.6 Å². The smallest absolute Gasteiger partial charge is 0.227 e. The monoisotopic (exact) mass is 305 g/mol. The van der Waals surface area contributed by atoms with Gasteiger partial charge in [-0.05, 0) is 44.1 Å². The molecule has 0 bridgehead atoms. The Hall–Kier alpha value is -1.66. The van der Waals surface area contributed by atoms with Crippen LogP contribution in [0.2, 0.25) is 0 Å². The number of amides is 1. The molecule has 0 saturated carbocycles. The lowest BCUT2D eigenvalue weighted by atomic mass is 10.3. The molecule has 1 amide bonds. The van der Waals surface area contributed by atoms with Gasteiger partial charge in [0.1, 0.15) is 5.75 Å². The molecule has 1 aliphatic heterocycles. The number of carbonyl (C=O) groups excluding carboxylic acids is 1. The molecule has 1 N–H and O–H groups in total. The van der Waals surface area contributed by atoms with E-state index in [2.05, 4.69) is 15.2 Å². The zero-order chi connectivity index (χ0) is 14.7. The highest BCUT2D eigenvalue weighted by atomic mass is 32.1. The van der Waals surface area contributed by atoms with Crippen molar-refractivity contribution < 1.29 is 9.53 Å². The summed E-state index contributed by atoms with van der Waals surface area (Å²) in [5, 5.41) is 3.55. The van der Waals surface area contributed by atoms with Gasteiger partial charge >= 0.3 is 0 Å². The molecule has 2 aromatic rings. The van der Waals surface area contributed by atoms with Crippen molar-refractivity contribution in [2.24, 2.45) is 0 Å². The van der Waals surface area contributed by atoms with Crippen LogP contribution in [0.15, 0.2) is 18.2 Å². The molecular weight excluding hydrogens is 286 g/mol. The van der Waals surface area contributed by atoms with E-state index in [1.165, 1.54) is 24.2 Å². The van der Waals surface area contributed by atoms with Crippen molar-refractivity contribution in [3.63, 3.8) is 0 Å². The Morgan fingerprint density at radius 3 is 3.00 bits per heavy atom. The summed E-state index contributed by atoms with van der Waals surface area (Å²) in [6.45, 7) is 3.08. The number of hydrogen-bond donors (Lipinski definition) is 1. The van der Waals surface area contributed by atoms with Crippen molar-refractivity contribution in [3.8, 4) is 5.75 Å². The zero-order valence-electron chi connectivity index (χ0n) is 12.1. The van der Waals surface area contributed by atoms with E-state index in [4.69, 9.17) is 4.74 Å². The summed E-state index contributed by atoms with van der Waals surface area (Å²) in [4.78, 5) is 18.7. The second-order valence-electron chi connectivity index (χ2n) is 5.20. The molecule has 5 nitrogen and oxygen atoms in total. The number of aromatic nitrogens is 1. The van der Waals surface area contributed by atoms with Crippen LogP contribution in [0, 0.1) is 0 Å². The summed E-state index contributed by atoms with van der Waals surface area (Å²) in [6.07, 6.45) is 3.03. The number of methoxy groups -OCH3 is 1. The maximum Gasteiger partial charge on any atom is 0.227 e. The van der Waals surface area contributed by atoms with Crippen molar-refractivity contribution in [2.75, 3.05) is 32.1 Å². The van der Waals surface area contributed by atoms with Crippen LogP contribution in [-0.2, 0) is 4.79 Å². The molecule has 0 atom stereocenters. The molecule has 3 rings (SSSR count). The minimum absolute atomic E-state index is 0.0351. The molecule has 112 valence electrons. The van der Waals surface area contributed by atoms with Crippen LogP contribution >= 0.6 is 11.3 Å². The van der Waals surface area contributed by atoms with Crippen molar-refractivity contribution in [3.05, 3.63) is 18.2 Å². The number of thiazole rings is 1. The van der Waals surface area contributed by atoms with Crippen molar-refractivity contribution in [2.45, 2.75) is 19.3 Å². The maximum absolute atomic E-state index is 12.0. The number of hydrogen-bond acceptors (Lipinski definition) is 5. The molecule has 21 heavy (non-hydrogen) atoms. The third-order valence-electron chi connectivity index (χ3n) is 3.70. The first-order valence-electron chi connectivity index (χ1n) is 7.21. The number of benzene rings is 1. The summed E-state index contributed by atoms with van der Waals surface area (Å²) in [5.74, 6) is 0.839. The Labute approximate surface area is 127 Å². The van der Waals surface area contributed by atoms with Crippen molar-refractivity contribution in [1.82, 2.24) is 9.88 Å². The van der Waals surface area contributed by atoms with Gasteiger partial charge in [0, 0.05) is 13.0 Å². The second kappa shape index (κ2) is 6.41. The summed E-state index contributed by atoms with van der Waals surface area (Å²) in [7, 11) is 1.64. The Morgan fingerprint density at radius 2 is 2.24 bits per heavy atom. The van der Waals surface area contributed by atoms with E-state index >= 15 is 0 Å². The lowest BCUT2D eigenvalue weighted by Gasteiger charge is -2.13. The highest BCUT2D eigenvalue weighted by molar-refractivity contribution is 7.22. The quantitative estimate of drug-likeness (QED) is 0.923. The Kier molecular flexibility index (Phi) is 4.36. The first-order chi connectivity index (χ1) is 10.2. The van der Waals surface area contributed by atoms with Gasteiger partial charge in [0.15, 0.2) is 5.13 Å². The fraction of sp³-hybridized carbons (Fsp3) is 0.467. The topological polar surface area (TPSA) is 54.5 Å². The highest BCUT2D eigenvalue weighted by Crippen LogP contribution is 2.29. The fourth-order valence-corrected chi connectivity index (χ4v) is 3.44. The van der Waals surface area contributed by atoms with Crippen LogP contribution in [0.1, 0.15) is 19.3 Å². The minimum atomic E-state index is 0.0351. The average Bonchev–Trinajstić information content (AvgIpc) is 3.13. The van der Waals surface area contributed by atoms with Gasteiger partial charge in [0.2, 0.25) is 5.91 Å². The first kappa shape index (κ1) is 14.3. The minimum Gasteiger partial charge on any atom is -0.497 e. The van der Waals surface area contributed by atoms with Gasteiger partial charge in [-0.2, -0.15) is 0 Å². The molecule has 0 spiro atoms. The summed E-state index contributed by atoms with van der Waals surface area (Å²) in [5.41, 5.74) is 0.885. The number of nitrogens with one attached hydrogen (secondary N) is 1. The van der Waals surface area contributed by atoms with Crippen LogP contribution in [-0.4, -0.2) is 42.5 Å². The van der Waals surface area contributed by atoms with Crippen LogP contribution < -0.4 is 10.1 Å². The molecule has 6 heteroatoms. The lowest BCUT2D eigenvalue weighted by Crippen LogP contribution is -2.24. The van der Waals surface area contributed by atoms with E-state index in [-0.39, 0.29) is 5.91 Å². The Morgan fingerprint density at radius 1 is 1.43 bits per heavy atom. The van der Waals surface area contributed by atoms with E-state index < -0.39 is 0 Å². The molecule has 0 aliphatic carbocycles. The van der Waals surface area contributed by atoms with Crippen LogP contribution in [0.25, 0.3) is 10.2 Å². The van der Waals surface area contributed by atoms with Gasteiger partial charge in [-0.3, -0.25) is 4.79 Å². The largest absolute Gasteiger partial charge is 0.497 e. The summed E-state index contributed by atoms with van der Waals surface area (Å²) >= 11 is 1.48. The Bertz CT molecular complexity index is 635. The molecule has 1 aromatic heterocycles. The number of fused-ring (bicyclic) bond motifs is 1. The van der Waals surface area contributed by atoms with Gasteiger partial charge in [0.05, 0.1) is 17.3 Å². The number of likely N-dealkylation sites (tertiary alicyclic amines) is 1. The molecule has 1 fully saturated rings. The third kappa shape index (κ3) is 3.51. The zero-order valence-corrected chi connectivity index (χ0v) is 12.9. The molecular formula is C15H19N3O2S. The van der Waals surface area contributed by atoms with Crippen molar-refractivity contribution in [1.29, 1.82) is 0 Å². The van der Waals surface area contributed by atoms with E-state index in [9.17, 15) is 4.79 Å². The first-order valence-corrected chi connectivity index (χ1v) is 8.03. The molecule has 1 aromatic carbocycles. The SMILES string of the molecule is COc1ccc2nc(NC(=O)CCN3CCCC3)sc2c1. The van der Waals surface area contributed by atoms with E-state index in [0.717, 1.165) is 35.6 Å². The third-order valence-corrected chi connectivity index (χ3v) is 4.63. The Balaban J connectivity index is 1.59. The average molecular weight is 305 g/mol. The standard InChI is InChI=1S/C15H19N3O2S/c1-20-11-4-5-12-13(10-11)21-15(16-12)17-14(19)6-9-18-7-2-3-8-18/h4-5,10H,2-3,6-9H2,1H3,(H,16,17,19).